The molecule has 3 heterocycles. The number of nitriles is 1. The molecule has 0 aliphatic carbocycles. The van der Waals surface area contributed by atoms with Gasteiger partial charge in [-0.1, -0.05) is 24.3 Å². The zero-order valence-electron chi connectivity index (χ0n) is 16.3. The molecule has 29 heavy (non-hydrogen) atoms. The monoisotopic (exact) mass is 386 g/mol. The Balaban J connectivity index is 1.43. The highest BCUT2D eigenvalue weighted by molar-refractivity contribution is 5.96. The molecule has 4 rings (SSSR count). The number of amides is 1. The standard InChI is InChI=1S/C23H23N5O/c24-11-5-13-28-18-19(20-6-1-2-7-21(20)28)9-10-23(29)27-16-14-26(15-17-27)22-8-3-4-12-25-22/h1-4,6-10,12,18H,5,13-17H2/p+1/b10-9+. The lowest BCUT2D eigenvalue weighted by molar-refractivity contribution is -0.364. The Morgan fingerprint density at radius 2 is 1.90 bits per heavy atom. The van der Waals surface area contributed by atoms with Crippen LogP contribution in [0.1, 0.15) is 12.0 Å². The lowest BCUT2D eigenvalue weighted by atomic mass is 10.1. The van der Waals surface area contributed by atoms with Crippen molar-refractivity contribution in [2.45, 2.75) is 13.0 Å². The van der Waals surface area contributed by atoms with Gasteiger partial charge in [0.05, 0.1) is 31.8 Å². The Hall–Kier alpha value is -3.59. The topological polar surface area (TPSA) is 66.4 Å². The maximum Gasteiger partial charge on any atom is 0.274 e. The zero-order valence-corrected chi connectivity index (χ0v) is 16.3. The average Bonchev–Trinajstić information content (AvgIpc) is 3.14. The molecule has 0 unspecified atom stereocenters. The molecule has 6 heteroatoms. The Labute approximate surface area is 170 Å². The van der Waals surface area contributed by atoms with E-state index in [1.165, 1.54) is 0 Å². The molecule has 0 saturated carbocycles. The van der Waals surface area contributed by atoms with Crippen molar-refractivity contribution in [2.75, 3.05) is 31.1 Å². The first-order chi connectivity index (χ1) is 14.3. The average molecular weight is 386 g/mol. The van der Waals surface area contributed by atoms with E-state index in [0.717, 1.165) is 35.4 Å². The van der Waals surface area contributed by atoms with E-state index in [9.17, 15) is 4.79 Å². The van der Waals surface area contributed by atoms with Crippen molar-refractivity contribution in [2.24, 2.45) is 0 Å². The van der Waals surface area contributed by atoms with Crippen LogP contribution in [0.5, 0.6) is 0 Å². The normalized spacial score (nSPS) is 14.4. The van der Waals surface area contributed by atoms with E-state index in [2.05, 4.69) is 32.7 Å². The summed E-state index contributed by atoms with van der Waals surface area (Å²) in [4.78, 5) is 20.1. The van der Waals surface area contributed by atoms with Gasteiger partial charge in [0, 0.05) is 41.4 Å². The van der Waals surface area contributed by atoms with Gasteiger partial charge >= 0.3 is 0 Å². The van der Waals surface area contributed by atoms with Crippen LogP contribution in [0.15, 0.2) is 60.9 Å². The number of aryl methyl sites for hydroxylation is 1. The summed E-state index contributed by atoms with van der Waals surface area (Å²) in [6.45, 7) is 3.68. The van der Waals surface area contributed by atoms with Crippen LogP contribution in [0.3, 0.4) is 0 Å². The highest BCUT2D eigenvalue weighted by Gasteiger charge is 2.24. The minimum absolute atomic E-state index is 0.0375. The van der Waals surface area contributed by atoms with Gasteiger partial charge in [-0.05, 0) is 18.2 Å². The summed E-state index contributed by atoms with van der Waals surface area (Å²) in [5.41, 5.74) is 2.09. The molecule has 1 fully saturated rings. The fourth-order valence-corrected chi connectivity index (χ4v) is 3.78. The zero-order chi connectivity index (χ0) is 20.1. The number of fused-ring (bicyclic) bond motifs is 1. The fraction of sp³-hybridized carbons (Fsp3) is 0.261. The van der Waals surface area contributed by atoms with Gasteiger partial charge in [0.1, 0.15) is 13.1 Å². The number of piperazine rings is 1. The van der Waals surface area contributed by atoms with Crippen LogP contribution >= 0.6 is 0 Å². The van der Waals surface area contributed by atoms with Crippen molar-refractivity contribution in [3.63, 3.8) is 0 Å². The SMILES string of the molecule is N#CCCn1cc(/C=C/C(=O)N2CCN(c3cccc[nH+]3)CC2)c2ccccc21. The van der Waals surface area contributed by atoms with Gasteiger partial charge in [0.25, 0.3) is 5.82 Å². The molecule has 1 saturated heterocycles. The molecule has 146 valence electrons. The van der Waals surface area contributed by atoms with Gasteiger partial charge in [-0.3, -0.25) is 9.69 Å². The Morgan fingerprint density at radius 1 is 1.10 bits per heavy atom. The lowest BCUT2D eigenvalue weighted by Gasteiger charge is -2.30. The van der Waals surface area contributed by atoms with E-state index in [-0.39, 0.29) is 5.91 Å². The first kappa shape index (κ1) is 18.8. The Bertz CT molecular complexity index is 1060. The molecule has 1 amide bonds. The van der Waals surface area contributed by atoms with Crippen LogP contribution in [0.25, 0.3) is 17.0 Å². The van der Waals surface area contributed by atoms with Gasteiger partial charge in [0.2, 0.25) is 5.91 Å². The highest BCUT2D eigenvalue weighted by atomic mass is 16.2. The quantitative estimate of drug-likeness (QED) is 0.633. The van der Waals surface area contributed by atoms with Crippen molar-refractivity contribution in [1.29, 1.82) is 5.26 Å². The molecule has 1 aliphatic rings. The maximum atomic E-state index is 12.7. The number of rotatable bonds is 5. The molecular weight excluding hydrogens is 362 g/mol. The second kappa shape index (κ2) is 8.61. The summed E-state index contributed by atoms with van der Waals surface area (Å²) in [6.07, 6.45) is 7.97. The smallest absolute Gasteiger partial charge is 0.274 e. The number of para-hydroxylation sites is 1. The van der Waals surface area contributed by atoms with E-state index in [1.54, 1.807) is 6.08 Å². The van der Waals surface area contributed by atoms with E-state index in [0.29, 0.717) is 26.1 Å². The summed E-state index contributed by atoms with van der Waals surface area (Å²) in [6, 6.07) is 16.3. The van der Waals surface area contributed by atoms with Gasteiger partial charge < -0.3 is 9.47 Å². The number of hydrogen-bond acceptors (Lipinski definition) is 3. The number of carbonyl (C=O) groups is 1. The van der Waals surface area contributed by atoms with Crippen LogP contribution in [0.2, 0.25) is 0 Å². The Morgan fingerprint density at radius 3 is 2.66 bits per heavy atom. The second-order valence-corrected chi connectivity index (χ2v) is 7.10. The van der Waals surface area contributed by atoms with E-state index in [1.807, 2.05) is 53.7 Å². The minimum atomic E-state index is 0.0375. The molecule has 3 aromatic rings. The third-order valence-corrected chi connectivity index (χ3v) is 5.31. The highest BCUT2D eigenvalue weighted by Crippen LogP contribution is 2.23. The van der Waals surface area contributed by atoms with Gasteiger partial charge in [-0.2, -0.15) is 5.26 Å². The van der Waals surface area contributed by atoms with E-state index in [4.69, 9.17) is 5.26 Å². The Kier molecular flexibility index (Phi) is 5.57. The van der Waals surface area contributed by atoms with Crippen LogP contribution in [-0.2, 0) is 11.3 Å². The summed E-state index contributed by atoms with van der Waals surface area (Å²) in [5, 5.41) is 9.98. The summed E-state index contributed by atoms with van der Waals surface area (Å²) in [5.74, 6) is 1.12. The van der Waals surface area contributed by atoms with Gasteiger partial charge in [0.15, 0.2) is 0 Å². The first-order valence-electron chi connectivity index (χ1n) is 9.90. The van der Waals surface area contributed by atoms with Crippen LogP contribution in [-0.4, -0.2) is 41.6 Å². The molecular formula is C23H24N5O+. The van der Waals surface area contributed by atoms with Crippen molar-refractivity contribution in [1.82, 2.24) is 9.47 Å². The number of aromatic nitrogens is 2. The van der Waals surface area contributed by atoms with Crippen LogP contribution in [0, 0.1) is 11.3 Å². The van der Waals surface area contributed by atoms with Crippen LogP contribution < -0.4 is 9.88 Å². The second-order valence-electron chi connectivity index (χ2n) is 7.10. The number of carbonyl (C=O) groups excluding carboxylic acids is 1. The third kappa shape index (κ3) is 4.14. The third-order valence-electron chi connectivity index (χ3n) is 5.31. The molecule has 0 spiro atoms. The van der Waals surface area contributed by atoms with Gasteiger partial charge in [-0.25, -0.2) is 4.98 Å². The summed E-state index contributed by atoms with van der Waals surface area (Å²) >= 11 is 0. The number of hydrogen-bond donors (Lipinski definition) is 0. The van der Waals surface area contributed by atoms with Crippen LogP contribution in [0.4, 0.5) is 5.82 Å². The number of nitrogens with one attached hydrogen (secondary N) is 1. The van der Waals surface area contributed by atoms with Crippen molar-refractivity contribution in [3.8, 4) is 6.07 Å². The number of anilines is 1. The number of nitrogens with zero attached hydrogens (tertiary/aromatic N) is 4. The van der Waals surface area contributed by atoms with Crippen molar-refractivity contribution < 1.29 is 9.78 Å². The molecule has 1 aromatic carbocycles. The van der Waals surface area contributed by atoms with E-state index >= 15 is 0 Å². The van der Waals surface area contributed by atoms with Crippen molar-refractivity contribution >= 4 is 28.7 Å². The molecule has 2 aromatic heterocycles. The summed E-state index contributed by atoms with van der Waals surface area (Å²) < 4.78 is 2.08. The largest absolute Gasteiger partial charge is 0.346 e. The lowest BCUT2D eigenvalue weighted by Crippen LogP contribution is -2.49. The molecule has 0 atom stereocenters. The first-order valence-corrected chi connectivity index (χ1v) is 9.90. The molecule has 1 N–H and O–H groups in total. The number of pyridine rings is 1. The number of benzene rings is 1. The van der Waals surface area contributed by atoms with E-state index < -0.39 is 0 Å². The molecule has 0 bridgehead atoms. The number of H-pyrrole nitrogens is 1. The van der Waals surface area contributed by atoms with Crippen molar-refractivity contribution in [3.05, 3.63) is 66.5 Å². The predicted molar refractivity (Wildman–Crippen MR) is 113 cm³/mol. The minimum Gasteiger partial charge on any atom is -0.346 e. The number of aromatic amines is 1. The summed E-state index contributed by atoms with van der Waals surface area (Å²) in [7, 11) is 0. The molecule has 1 aliphatic heterocycles. The maximum absolute atomic E-state index is 12.7. The molecule has 6 nitrogen and oxygen atoms in total. The molecule has 0 radical (unpaired) electrons. The predicted octanol–water partition coefficient (Wildman–Crippen LogP) is 2.73. The fourth-order valence-electron chi connectivity index (χ4n) is 3.78. The van der Waals surface area contributed by atoms with Gasteiger partial charge in [-0.15, -0.1) is 0 Å².